The Morgan fingerprint density at radius 3 is 1.21 bits per heavy atom. The Labute approximate surface area is 299 Å². The van der Waals surface area contributed by atoms with Crippen molar-refractivity contribution in [2.24, 2.45) is 0 Å². The van der Waals surface area contributed by atoms with Crippen molar-refractivity contribution in [2.75, 3.05) is 6.61 Å². The molecule has 5 heteroatoms. The second-order valence-corrected chi connectivity index (χ2v) is 15.0. The van der Waals surface area contributed by atoms with Crippen LogP contribution in [0.5, 0.6) is 0 Å². The van der Waals surface area contributed by atoms with Crippen LogP contribution in [0, 0.1) is 0 Å². The molecule has 286 valence electrons. The van der Waals surface area contributed by atoms with E-state index in [9.17, 15) is 20.1 Å². The van der Waals surface area contributed by atoms with Crippen LogP contribution in [0.15, 0.2) is 12.2 Å². The quantitative estimate of drug-likeness (QED) is 0.0384. The van der Waals surface area contributed by atoms with Gasteiger partial charge < -0.3 is 20.6 Å². The van der Waals surface area contributed by atoms with E-state index in [1.54, 1.807) is 0 Å². The van der Waals surface area contributed by atoms with E-state index < -0.39 is 18.2 Å². The molecule has 0 heterocycles. The van der Waals surface area contributed by atoms with E-state index in [1.807, 2.05) is 0 Å². The van der Waals surface area contributed by atoms with Crippen molar-refractivity contribution in [3.8, 4) is 0 Å². The van der Waals surface area contributed by atoms with Gasteiger partial charge in [-0.3, -0.25) is 4.79 Å². The first-order valence-corrected chi connectivity index (χ1v) is 21.5. The van der Waals surface area contributed by atoms with Crippen molar-refractivity contribution in [3.63, 3.8) is 0 Å². The number of carbonyl (C=O) groups excluding carboxylic acids is 1. The van der Waals surface area contributed by atoms with Gasteiger partial charge in [-0.05, 0) is 38.5 Å². The van der Waals surface area contributed by atoms with E-state index >= 15 is 0 Å². The maximum Gasteiger partial charge on any atom is 0.222 e. The van der Waals surface area contributed by atoms with Gasteiger partial charge in [-0.25, -0.2) is 0 Å². The summed E-state index contributed by atoms with van der Waals surface area (Å²) in [5.41, 5.74) is 0. The SMILES string of the molecule is CCCCCCCCCCC/C=C\CCCCCCCC(O)CC(=O)NC(CO)C(O)CCCCCCCCCCCCCCCCC. The third-order valence-corrected chi connectivity index (χ3v) is 10.1. The van der Waals surface area contributed by atoms with Gasteiger partial charge in [0.25, 0.3) is 0 Å². The highest BCUT2D eigenvalue weighted by Gasteiger charge is 2.21. The number of amides is 1. The molecule has 48 heavy (non-hydrogen) atoms. The van der Waals surface area contributed by atoms with Crippen LogP contribution in [0.25, 0.3) is 0 Å². The molecule has 3 unspecified atom stereocenters. The van der Waals surface area contributed by atoms with Crippen LogP contribution >= 0.6 is 0 Å². The lowest BCUT2D eigenvalue weighted by Gasteiger charge is -2.23. The molecule has 0 aliphatic heterocycles. The monoisotopic (exact) mass is 680 g/mol. The number of carbonyl (C=O) groups is 1. The minimum Gasteiger partial charge on any atom is -0.394 e. The van der Waals surface area contributed by atoms with Crippen LogP contribution in [0.3, 0.4) is 0 Å². The topological polar surface area (TPSA) is 89.8 Å². The Hall–Kier alpha value is -0.910. The van der Waals surface area contributed by atoms with Crippen LogP contribution in [0.1, 0.15) is 232 Å². The Bertz CT molecular complexity index is 669. The summed E-state index contributed by atoms with van der Waals surface area (Å²) < 4.78 is 0. The molecule has 0 aliphatic rings. The van der Waals surface area contributed by atoms with E-state index in [0.717, 1.165) is 32.1 Å². The second kappa shape index (κ2) is 38.9. The zero-order valence-corrected chi connectivity index (χ0v) is 32.4. The van der Waals surface area contributed by atoms with Gasteiger partial charge in [0.15, 0.2) is 0 Å². The minimum atomic E-state index is -0.747. The average molecular weight is 680 g/mol. The summed E-state index contributed by atoms with van der Waals surface area (Å²) in [5, 5.41) is 33.4. The molecule has 0 aromatic heterocycles. The van der Waals surface area contributed by atoms with E-state index in [4.69, 9.17) is 0 Å². The average Bonchev–Trinajstić information content (AvgIpc) is 3.08. The molecule has 0 saturated heterocycles. The summed E-state index contributed by atoms with van der Waals surface area (Å²) in [6.07, 6.45) is 44.6. The minimum absolute atomic E-state index is 0.0337. The van der Waals surface area contributed by atoms with Crippen molar-refractivity contribution in [2.45, 2.75) is 250 Å². The Balaban J connectivity index is 3.63. The fourth-order valence-electron chi connectivity index (χ4n) is 6.75. The summed E-state index contributed by atoms with van der Waals surface area (Å²) in [7, 11) is 0. The van der Waals surface area contributed by atoms with Crippen LogP contribution in [-0.2, 0) is 4.79 Å². The number of hydrogen-bond donors (Lipinski definition) is 4. The molecule has 0 fully saturated rings. The van der Waals surface area contributed by atoms with Crippen molar-refractivity contribution < 1.29 is 20.1 Å². The first-order valence-electron chi connectivity index (χ1n) is 21.5. The molecular formula is C43H85NO4. The van der Waals surface area contributed by atoms with Crippen LogP contribution < -0.4 is 5.32 Å². The van der Waals surface area contributed by atoms with Gasteiger partial charge >= 0.3 is 0 Å². The second-order valence-electron chi connectivity index (χ2n) is 15.0. The molecular weight excluding hydrogens is 594 g/mol. The van der Waals surface area contributed by atoms with Crippen LogP contribution in [0.2, 0.25) is 0 Å². The van der Waals surface area contributed by atoms with Crippen molar-refractivity contribution in [1.82, 2.24) is 5.32 Å². The normalized spacial score (nSPS) is 13.7. The highest BCUT2D eigenvalue weighted by atomic mass is 16.3. The number of nitrogens with one attached hydrogen (secondary N) is 1. The van der Waals surface area contributed by atoms with E-state index in [1.165, 1.54) is 167 Å². The van der Waals surface area contributed by atoms with Gasteiger partial charge in [0.1, 0.15) is 0 Å². The summed E-state index contributed by atoms with van der Waals surface area (Å²) >= 11 is 0. The summed E-state index contributed by atoms with van der Waals surface area (Å²) in [5.74, 6) is -0.286. The van der Waals surface area contributed by atoms with Crippen LogP contribution in [0.4, 0.5) is 0 Å². The molecule has 0 spiro atoms. The number of hydrogen-bond acceptors (Lipinski definition) is 4. The molecule has 0 saturated carbocycles. The Morgan fingerprint density at radius 2 is 0.833 bits per heavy atom. The predicted molar refractivity (Wildman–Crippen MR) is 208 cm³/mol. The molecule has 0 aromatic rings. The lowest BCUT2D eigenvalue weighted by atomic mass is 10.0. The summed E-state index contributed by atoms with van der Waals surface area (Å²) in [6.45, 7) is 4.27. The van der Waals surface area contributed by atoms with Crippen molar-refractivity contribution in [3.05, 3.63) is 12.2 Å². The molecule has 1 amide bonds. The number of aliphatic hydroxyl groups excluding tert-OH is 3. The van der Waals surface area contributed by atoms with Gasteiger partial charge in [0.2, 0.25) is 5.91 Å². The van der Waals surface area contributed by atoms with E-state index in [-0.39, 0.29) is 18.9 Å². The molecule has 0 aromatic carbocycles. The number of aliphatic hydroxyl groups is 3. The molecule has 0 bridgehead atoms. The summed E-state index contributed by atoms with van der Waals surface area (Å²) in [4.78, 5) is 12.4. The molecule has 0 aliphatic carbocycles. The van der Waals surface area contributed by atoms with Gasteiger partial charge in [-0.2, -0.15) is 0 Å². The number of allylic oxidation sites excluding steroid dienone is 2. The fraction of sp³-hybridized carbons (Fsp3) is 0.930. The maximum atomic E-state index is 12.4. The zero-order chi connectivity index (χ0) is 35.2. The largest absolute Gasteiger partial charge is 0.394 e. The van der Waals surface area contributed by atoms with Gasteiger partial charge in [-0.15, -0.1) is 0 Å². The molecule has 0 rings (SSSR count). The standard InChI is InChI=1S/C43H85NO4/c1-3-5-7-9-11-13-15-17-19-20-21-23-24-26-28-30-32-34-36-40(46)38-43(48)44-41(39-45)42(47)37-35-33-31-29-27-25-22-18-16-14-12-10-8-6-4-2/h21,23,40-42,45-47H,3-20,22,24-39H2,1-2H3,(H,44,48)/b23-21-. The molecule has 5 nitrogen and oxygen atoms in total. The maximum absolute atomic E-state index is 12.4. The van der Waals surface area contributed by atoms with Crippen LogP contribution in [-0.4, -0.2) is 46.1 Å². The van der Waals surface area contributed by atoms with E-state index in [0.29, 0.717) is 12.8 Å². The van der Waals surface area contributed by atoms with Crippen molar-refractivity contribution >= 4 is 5.91 Å². The van der Waals surface area contributed by atoms with Gasteiger partial charge in [0.05, 0.1) is 31.3 Å². The zero-order valence-electron chi connectivity index (χ0n) is 32.4. The van der Waals surface area contributed by atoms with E-state index in [2.05, 4.69) is 31.3 Å². The highest BCUT2D eigenvalue weighted by molar-refractivity contribution is 5.76. The van der Waals surface area contributed by atoms with Gasteiger partial charge in [0, 0.05) is 0 Å². The third-order valence-electron chi connectivity index (χ3n) is 10.1. The lowest BCUT2D eigenvalue weighted by molar-refractivity contribution is -0.125. The first kappa shape index (κ1) is 47.1. The summed E-state index contributed by atoms with van der Waals surface area (Å²) in [6, 6.07) is -0.657. The van der Waals surface area contributed by atoms with Crippen molar-refractivity contribution in [1.29, 1.82) is 0 Å². The molecule has 3 atom stereocenters. The third kappa shape index (κ3) is 34.9. The molecule has 4 N–H and O–H groups in total. The first-order chi connectivity index (χ1) is 23.5. The Kier molecular flexibility index (Phi) is 38.1. The molecule has 0 radical (unpaired) electrons. The Morgan fingerprint density at radius 1 is 0.500 bits per heavy atom. The fourth-order valence-corrected chi connectivity index (χ4v) is 6.75. The van der Waals surface area contributed by atoms with Gasteiger partial charge in [-0.1, -0.05) is 199 Å². The number of unbranched alkanes of at least 4 members (excludes halogenated alkanes) is 28. The lowest BCUT2D eigenvalue weighted by Crippen LogP contribution is -2.46. The number of rotatable bonds is 39. The smallest absolute Gasteiger partial charge is 0.222 e. The predicted octanol–water partition coefficient (Wildman–Crippen LogP) is 12.0. The highest BCUT2D eigenvalue weighted by Crippen LogP contribution is 2.16.